The molecule has 0 unspecified atom stereocenters. The third-order valence-electron chi connectivity index (χ3n) is 5.62. The molecule has 3 aromatic carbocycles. The summed E-state index contributed by atoms with van der Waals surface area (Å²) in [6, 6.07) is 15.1. The van der Waals surface area contributed by atoms with Gasteiger partial charge in [0.15, 0.2) is 0 Å². The van der Waals surface area contributed by atoms with Gasteiger partial charge < -0.3 is 19.9 Å². The molecule has 0 aliphatic rings. The molecule has 0 bridgehead atoms. The fourth-order valence-corrected chi connectivity index (χ4v) is 4.21. The number of fused-ring (bicyclic) bond motifs is 1. The van der Waals surface area contributed by atoms with E-state index in [1.54, 1.807) is 42.5 Å². The van der Waals surface area contributed by atoms with E-state index < -0.39 is 29.2 Å². The van der Waals surface area contributed by atoms with E-state index >= 15 is 0 Å². The van der Waals surface area contributed by atoms with Crippen LogP contribution in [0.25, 0.3) is 16.6 Å². The molecule has 4 rings (SSSR count). The molecule has 190 valence electrons. The Hall–Kier alpha value is -4.08. The Kier molecular flexibility index (Phi) is 7.37. The zero-order valence-corrected chi connectivity index (χ0v) is 21.6. The predicted molar refractivity (Wildman–Crippen MR) is 144 cm³/mol. The smallest absolute Gasteiger partial charge is 0.348 e. The van der Waals surface area contributed by atoms with E-state index in [1.165, 1.54) is 19.1 Å². The molecular weight excluding hydrogens is 519 g/mol. The van der Waals surface area contributed by atoms with Crippen molar-refractivity contribution >= 4 is 57.4 Å². The van der Waals surface area contributed by atoms with E-state index in [0.29, 0.717) is 22.3 Å². The van der Waals surface area contributed by atoms with Crippen molar-refractivity contribution in [1.82, 2.24) is 9.55 Å². The Bertz CT molecular complexity index is 1610. The van der Waals surface area contributed by atoms with Gasteiger partial charge >= 0.3 is 17.6 Å². The van der Waals surface area contributed by atoms with Gasteiger partial charge in [-0.15, -0.1) is 0 Å². The second kappa shape index (κ2) is 10.5. The molecule has 0 saturated carbocycles. The van der Waals surface area contributed by atoms with Crippen LogP contribution in [0.5, 0.6) is 0 Å². The van der Waals surface area contributed by atoms with Crippen molar-refractivity contribution < 1.29 is 14.3 Å². The molecule has 4 aromatic rings. The average Bonchev–Trinajstić information content (AvgIpc) is 2.84. The number of carbonyl (C=O) groups is 2. The lowest BCUT2D eigenvalue weighted by atomic mass is 10.2. The van der Waals surface area contributed by atoms with Gasteiger partial charge in [-0.3, -0.25) is 4.79 Å². The van der Waals surface area contributed by atoms with Crippen molar-refractivity contribution in [3.63, 3.8) is 0 Å². The van der Waals surface area contributed by atoms with Crippen LogP contribution in [0.4, 0.5) is 11.4 Å². The Morgan fingerprint density at radius 1 is 1.00 bits per heavy atom. The summed E-state index contributed by atoms with van der Waals surface area (Å²) in [7, 11) is 3.71. The van der Waals surface area contributed by atoms with Crippen LogP contribution in [0.3, 0.4) is 0 Å². The lowest BCUT2D eigenvalue weighted by Gasteiger charge is -2.15. The average molecular weight is 541 g/mol. The number of ether oxygens (including phenoxy) is 1. The van der Waals surface area contributed by atoms with Gasteiger partial charge in [-0.2, -0.15) is 0 Å². The molecule has 2 N–H and O–H groups in total. The highest BCUT2D eigenvalue weighted by atomic mass is 35.5. The van der Waals surface area contributed by atoms with Crippen molar-refractivity contribution in [2.24, 2.45) is 0 Å². The third kappa shape index (κ3) is 5.37. The SMILES string of the molecule is C[C@H](Nc1ccc(-n2c(=O)[nH]c3ccc(N(C)C)cc3c2=O)cc1)C(=O)OC(=O)c1c(Cl)cccc1Cl. The molecule has 37 heavy (non-hydrogen) atoms. The summed E-state index contributed by atoms with van der Waals surface area (Å²) in [6.07, 6.45) is 0. The maximum Gasteiger partial charge on any atom is 0.348 e. The Morgan fingerprint density at radius 3 is 2.27 bits per heavy atom. The molecule has 1 aromatic heterocycles. The van der Waals surface area contributed by atoms with Crippen molar-refractivity contribution in [1.29, 1.82) is 0 Å². The Labute approximate surface area is 221 Å². The normalized spacial score (nSPS) is 11.7. The summed E-state index contributed by atoms with van der Waals surface area (Å²) in [5.41, 5.74) is 0.958. The van der Waals surface area contributed by atoms with Crippen molar-refractivity contribution in [2.75, 3.05) is 24.3 Å². The molecule has 1 heterocycles. The maximum atomic E-state index is 13.1. The van der Waals surface area contributed by atoms with Crippen LogP contribution in [0.2, 0.25) is 10.0 Å². The molecule has 0 saturated heterocycles. The zero-order valence-electron chi connectivity index (χ0n) is 20.0. The number of H-pyrrole nitrogens is 1. The summed E-state index contributed by atoms with van der Waals surface area (Å²) in [4.78, 5) is 55.2. The van der Waals surface area contributed by atoms with E-state index in [1.807, 2.05) is 25.1 Å². The van der Waals surface area contributed by atoms with Crippen LogP contribution in [0.15, 0.2) is 70.3 Å². The largest absolute Gasteiger partial charge is 0.388 e. The monoisotopic (exact) mass is 540 g/mol. The summed E-state index contributed by atoms with van der Waals surface area (Å²) in [5.74, 6) is -1.80. The molecule has 1 atom stereocenters. The lowest BCUT2D eigenvalue weighted by molar-refractivity contribution is -0.138. The second-order valence-corrected chi connectivity index (χ2v) is 9.23. The molecule has 0 aliphatic heterocycles. The van der Waals surface area contributed by atoms with E-state index in [-0.39, 0.29) is 15.6 Å². The van der Waals surface area contributed by atoms with E-state index in [0.717, 1.165) is 10.3 Å². The molecule has 0 spiro atoms. The second-order valence-electron chi connectivity index (χ2n) is 8.41. The number of esters is 2. The van der Waals surface area contributed by atoms with E-state index in [4.69, 9.17) is 27.9 Å². The molecule has 11 heteroatoms. The van der Waals surface area contributed by atoms with Crippen LogP contribution in [-0.4, -0.2) is 41.6 Å². The van der Waals surface area contributed by atoms with Gasteiger partial charge in [-0.25, -0.2) is 19.0 Å². The highest BCUT2D eigenvalue weighted by Gasteiger charge is 2.23. The summed E-state index contributed by atoms with van der Waals surface area (Å²) in [5, 5.41) is 3.42. The first-order chi connectivity index (χ1) is 17.6. The first-order valence-electron chi connectivity index (χ1n) is 11.1. The number of carbonyl (C=O) groups excluding carboxylic acids is 2. The quantitative estimate of drug-likeness (QED) is 0.277. The Balaban J connectivity index is 1.52. The number of rotatable bonds is 6. The molecule has 0 amide bonds. The molecule has 0 aliphatic carbocycles. The van der Waals surface area contributed by atoms with Crippen LogP contribution >= 0.6 is 23.2 Å². The minimum atomic E-state index is -0.961. The third-order valence-corrected chi connectivity index (χ3v) is 6.25. The molecular formula is C26H22Cl2N4O5. The molecule has 0 radical (unpaired) electrons. The minimum Gasteiger partial charge on any atom is -0.388 e. The number of aromatic amines is 1. The van der Waals surface area contributed by atoms with Gasteiger partial charge in [0.1, 0.15) is 6.04 Å². The number of aromatic nitrogens is 2. The lowest BCUT2D eigenvalue weighted by Crippen LogP contribution is -2.33. The fraction of sp³-hybridized carbons (Fsp3) is 0.154. The van der Waals surface area contributed by atoms with Gasteiger partial charge in [0, 0.05) is 25.5 Å². The zero-order chi connectivity index (χ0) is 26.9. The summed E-state index contributed by atoms with van der Waals surface area (Å²) >= 11 is 12.0. The van der Waals surface area contributed by atoms with Crippen LogP contribution in [0, 0.1) is 0 Å². The minimum absolute atomic E-state index is 0.0679. The molecule has 9 nitrogen and oxygen atoms in total. The van der Waals surface area contributed by atoms with Gasteiger partial charge in [-0.1, -0.05) is 29.3 Å². The van der Waals surface area contributed by atoms with Crippen LogP contribution < -0.4 is 21.5 Å². The summed E-state index contributed by atoms with van der Waals surface area (Å²) in [6.45, 7) is 1.51. The number of nitrogens with zero attached hydrogens (tertiary/aromatic N) is 2. The Morgan fingerprint density at radius 2 is 1.65 bits per heavy atom. The van der Waals surface area contributed by atoms with E-state index in [9.17, 15) is 19.2 Å². The number of halogens is 2. The van der Waals surface area contributed by atoms with Gasteiger partial charge in [-0.05, 0) is 61.5 Å². The van der Waals surface area contributed by atoms with Gasteiger partial charge in [0.2, 0.25) is 0 Å². The van der Waals surface area contributed by atoms with Gasteiger partial charge in [0.25, 0.3) is 5.56 Å². The number of anilines is 2. The number of hydrogen-bond acceptors (Lipinski definition) is 7. The van der Waals surface area contributed by atoms with Crippen LogP contribution in [0.1, 0.15) is 17.3 Å². The number of benzene rings is 3. The first-order valence-corrected chi connectivity index (χ1v) is 11.9. The van der Waals surface area contributed by atoms with Crippen molar-refractivity contribution in [2.45, 2.75) is 13.0 Å². The standard InChI is InChI=1S/C26H22Cl2N4O5/c1-14(24(34)37-25(35)22-19(27)5-4-6-20(22)28)29-15-7-9-16(10-8-15)32-23(33)18-13-17(31(2)3)11-12-21(18)30-26(32)36/h4-14,29H,1-3H3,(H,30,36)/t14-/m0/s1. The van der Waals surface area contributed by atoms with Crippen molar-refractivity contribution in [3.05, 3.63) is 97.1 Å². The van der Waals surface area contributed by atoms with Crippen LogP contribution in [-0.2, 0) is 9.53 Å². The van der Waals surface area contributed by atoms with E-state index in [2.05, 4.69) is 10.3 Å². The highest BCUT2D eigenvalue weighted by Crippen LogP contribution is 2.25. The van der Waals surface area contributed by atoms with Crippen molar-refractivity contribution in [3.8, 4) is 5.69 Å². The number of nitrogens with one attached hydrogen (secondary N) is 2. The van der Waals surface area contributed by atoms with Gasteiger partial charge in [0.05, 0.1) is 32.2 Å². The highest BCUT2D eigenvalue weighted by molar-refractivity contribution is 6.39. The molecule has 0 fully saturated rings. The first kappa shape index (κ1) is 26.0. The predicted octanol–water partition coefficient (Wildman–Crippen LogP) is 4.24. The fourth-order valence-electron chi connectivity index (χ4n) is 3.65. The maximum absolute atomic E-state index is 13.1. The number of hydrogen-bond donors (Lipinski definition) is 2. The topological polar surface area (TPSA) is 114 Å². The summed E-state index contributed by atoms with van der Waals surface area (Å²) < 4.78 is 5.96.